The molecule has 1 N–H and O–H groups in total. The first-order valence-electron chi connectivity index (χ1n) is 6.83. The molecule has 0 spiro atoms. The van der Waals surface area contributed by atoms with Crippen LogP contribution in [0.5, 0.6) is 0 Å². The zero-order valence-electron chi connectivity index (χ0n) is 12.0. The van der Waals surface area contributed by atoms with Crippen LogP contribution in [0.4, 0.5) is 0 Å². The predicted octanol–water partition coefficient (Wildman–Crippen LogP) is 4.39. The summed E-state index contributed by atoms with van der Waals surface area (Å²) in [5, 5.41) is 9.16. The molecule has 0 radical (unpaired) electrons. The summed E-state index contributed by atoms with van der Waals surface area (Å²) in [7, 11) is 0. The number of rotatable bonds is 3. The molecule has 0 unspecified atom stereocenters. The van der Waals surface area contributed by atoms with Crippen LogP contribution in [0.1, 0.15) is 35.6 Å². The van der Waals surface area contributed by atoms with E-state index in [9.17, 15) is 4.79 Å². The summed E-state index contributed by atoms with van der Waals surface area (Å²) < 4.78 is 5.10. The molecule has 1 heterocycles. The van der Waals surface area contributed by atoms with Crippen molar-refractivity contribution < 1.29 is 14.3 Å². The number of furan rings is 1. The van der Waals surface area contributed by atoms with Crippen molar-refractivity contribution in [2.75, 3.05) is 0 Å². The van der Waals surface area contributed by atoms with Gasteiger partial charge < -0.3 is 9.52 Å². The molecule has 0 amide bonds. The molecule has 21 heavy (non-hydrogen) atoms. The van der Waals surface area contributed by atoms with Crippen LogP contribution in [0.2, 0.25) is 0 Å². The lowest BCUT2D eigenvalue weighted by Crippen LogP contribution is -1.97. The fraction of sp³-hybridized carbons (Fsp3) is 0.167. The number of aryl methyl sites for hydroxylation is 1. The normalized spacial score (nSPS) is 15.6. The summed E-state index contributed by atoms with van der Waals surface area (Å²) >= 11 is 0. The topological polar surface area (TPSA) is 50.4 Å². The Labute approximate surface area is 123 Å². The Morgan fingerprint density at radius 2 is 2.05 bits per heavy atom. The number of benzene rings is 1. The Morgan fingerprint density at radius 3 is 2.71 bits per heavy atom. The van der Waals surface area contributed by atoms with Crippen molar-refractivity contribution in [3.8, 4) is 0 Å². The highest BCUT2D eigenvalue weighted by atomic mass is 16.4. The van der Waals surface area contributed by atoms with E-state index >= 15 is 0 Å². The van der Waals surface area contributed by atoms with E-state index in [1.165, 1.54) is 0 Å². The fourth-order valence-electron chi connectivity index (χ4n) is 2.80. The highest BCUT2D eigenvalue weighted by Gasteiger charge is 2.25. The molecule has 1 aromatic heterocycles. The van der Waals surface area contributed by atoms with Crippen molar-refractivity contribution in [1.29, 1.82) is 0 Å². The number of allylic oxidation sites excluding steroid dienone is 2. The van der Waals surface area contributed by atoms with Crippen molar-refractivity contribution in [1.82, 2.24) is 0 Å². The number of fused-ring (bicyclic) bond motifs is 1. The number of carboxylic acid groups (broad SMARTS) is 1. The minimum Gasteiger partial charge on any atom is -0.481 e. The zero-order valence-corrected chi connectivity index (χ0v) is 12.0. The molecule has 3 nitrogen and oxygen atoms in total. The summed E-state index contributed by atoms with van der Waals surface area (Å²) in [4.78, 5) is 11.2. The van der Waals surface area contributed by atoms with Crippen LogP contribution in [0.25, 0.3) is 17.2 Å². The second-order valence-electron chi connectivity index (χ2n) is 5.34. The highest BCUT2D eigenvalue weighted by Crippen LogP contribution is 2.43. The fourth-order valence-corrected chi connectivity index (χ4v) is 2.80. The maximum Gasteiger partial charge on any atom is 0.307 e. The predicted molar refractivity (Wildman–Crippen MR) is 82.6 cm³/mol. The first-order valence-corrected chi connectivity index (χ1v) is 6.83. The first kappa shape index (κ1) is 13.4. The van der Waals surface area contributed by atoms with Crippen LogP contribution in [-0.2, 0) is 4.79 Å². The first-order chi connectivity index (χ1) is 10.1. The van der Waals surface area contributed by atoms with Gasteiger partial charge in [-0.1, -0.05) is 23.8 Å². The standard InChI is InChI=1S/C18H16O3/c1-11-3-4-14-15(8-13-5-6-21-10-13)12(2)16(9-18(19)20)17(14)7-11/h3-8,10H,9H2,1-2H3,(H,19,20)/b15-8-. The van der Waals surface area contributed by atoms with Crippen LogP contribution in [-0.4, -0.2) is 11.1 Å². The van der Waals surface area contributed by atoms with Gasteiger partial charge in [-0.15, -0.1) is 0 Å². The third-order valence-electron chi connectivity index (χ3n) is 3.83. The second-order valence-corrected chi connectivity index (χ2v) is 5.34. The van der Waals surface area contributed by atoms with Gasteiger partial charge in [-0.25, -0.2) is 0 Å². The van der Waals surface area contributed by atoms with E-state index in [0.29, 0.717) is 0 Å². The van der Waals surface area contributed by atoms with Crippen LogP contribution < -0.4 is 0 Å². The van der Waals surface area contributed by atoms with E-state index in [0.717, 1.165) is 39.0 Å². The zero-order chi connectivity index (χ0) is 15.0. The quantitative estimate of drug-likeness (QED) is 0.907. The molecule has 0 saturated heterocycles. The van der Waals surface area contributed by atoms with Gasteiger partial charge in [-0.05, 0) is 53.8 Å². The molecule has 2 aromatic rings. The van der Waals surface area contributed by atoms with Crippen LogP contribution in [0.15, 0.2) is 46.8 Å². The minimum atomic E-state index is -0.804. The van der Waals surface area contributed by atoms with E-state index in [4.69, 9.17) is 9.52 Å². The maximum atomic E-state index is 11.2. The third-order valence-corrected chi connectivity index (χ3v) is 3.83. The van der Waals surface area contributed by atoms with E-state index in [1.54, 1.807) is 12.5 Å². The number of carboxylic acids is 1. The number of carbonyl (C=O) groups is 1. The van der Waals surface area contributed by atoms with Crippen molar-refractivity contribution in [2.24, 2.45) is 0 Å². The van der Waals surface area contributed by atoms with Crippen LogP contribution in [0.3, 0.4) is 0 Å². The smallest absolute Gasteiger partial charge is 0.307 e. The van der Waals surface area contributed by atoms with Crippen molar-refractivity contribution in [3.05, 3.63) is 64.6 Å². The molecule has 106 valence electrons. The van der Waals surface area contributed by atoms with Gasteiger partial charge in [0, 0.05) is 5.56 Å². The Morgan fingerprint density at radius 1 is 1.24 bits per heavy atom. The minimum absolute atomic E-state index is 0.0466. The van der Waals surface area contributed by atoms with Crippen LogP contribution >= 0.6 is 0 Å². The van der Waals surface area contributed by atoms with Crippen LogP contribution in [0, 0.1) is 6.92 Å². The summed E-state index contributed by atoms with van der Waals surface area (Å²) in [5.74, 6) is -0.804. The molecule has 3 heteroatoms. The second kappa shape index (κ2) is 5.09. The number of hydrogen-bond donors (Lipinski definition) is 1. The van der Waals surface area contributed by atoms with Crippen molar-refractivity contribution in [2.45, 2.75) is 20.3 Å². The molecule has 1 aliphatic rings. The summed E-state index contributed by atoms with van der Waals surface area (Å²) in [6, 6.07) is 8.07. The molecule has 1 aliphatic carbocycles. The summed E-state index contributed by atoms with van der Waals surface area (Å²) in [6.45, 7) is 4.01. The van der Waals surface area contributed by atoms with Crippen molar-refractivity contribution in [3.63, 3.8) is 0 Å². The molecule has 0 fully saturated rings. The van der Waals surface area contributed by atoms with E-state index in [-0.39, 0.29) is 6.42 Å². The number of hydrogen-bond acceptors (Lipinski definition) is 2. The Hall–Kier alpha value is -2.55. The molecule has 0 aliphatic heterocycles. The monoisotopic (exact) mass is 280 g/mol. The summed E-state index contributed by atoms with van der Waals surface area (Å²) in [6.07, 6.45) is 5.41. The maximum absolute atomic E-state index is 11.2. The lowest BCUT2D eigenvalue weighted by molar-refractivity contribution is -0.135. The Bertz CT molecular complexity index is 762. The molecule has 0 bridgehead atoms. The molecule has 1 aromatic carbocycles. The third kappa shape index (κ3) is 2.42. The molecular weight excluding hydrogens is 264 g/mol. The van der Waals surface area contributed by atoms with E-state index in [1.807, 2.05) is 26.0 Å². The van der Waals surface area contributed by atoms with E-state index < -0.39 is 5.97 Å². The van der Waals surface area contributed by atoms with Gasteiger partial charge in [-0.3, -0.25) is 4.79 Å². The summed E-state index contributed by atoms with van der Waals surface area (Å²) in [5.41, 5.74) is 7.24. The highest BCUT2D eigenvalue weighted by molar-refractivity contribution is 6.07. The van der Waals surface area contributed by atoms with Gasteiger partial charge in [0.1, 0.15) is 0 Å². The average molecular weight is 280 g/mol. The molecule has 0 saturated carbocycles. The lowest BCUT2D eigenvalue weighted by Gasteiger charge is -2.05. The number of aliphatic carboxylic acids is 1. The van der Waals surface area contributed by atoms with Gasteiger partial charge >= 0.3 is 5.97 Å². The molecule has 0 atom stereocenters. The van der Waals surface area contributed by atoms with E-state index in [2.05, 4.69) is 18.2 Å². The van der Waals surface area contributed by atoms with Gasteiger partial charge in [0.05, 0.1) is 18.9 Å². The average Bonchev–Trinajstić information content (AvgIpc) is 3.01. The SMILES string of the molecule is CC1=C(CC(=O)O)c2cc(C)ccc2/C1=C\c1ccoc1. The molecular formula is C18H16O3. The van der Waals surface area contributed by atoms with Gasteiger partial charge in [0.2, 0.25) is 0 Å². The van der Waals surface area contributed by atoms with Gasteiger partial charge in [0.25, 0.3) is 0 Å². The lowest BCUT2D eigenvalue weighted by atomic mass is 9.99. The Kier molecular flexibility index (Phi) is 3.26. The van der Waals surface area contributed by atoms with Crippen molar-refractivity contribution >= 4 is 23.2 Å². The van der Waals surface area contributed by atoms with Gasteiger partial charge in [-0.2, -0.15) is 0 Å². The van der Waals surface area contributed by atoms with Gasteiger partial charge in [0.15, 0.2) is 0 Å². The largest absolute Gasteiger partial charge is 0.481 e. The Balaban J connectivity index is 2.18. The molecule has 3 rings (SSSR count).